The molecule has 0 saturated carbocycles. The van der Waals surface area contributed by atoms with Gasteiger partial charge in [0.2, 0.25) is 5.91 Å². The second kappa shape index (κ2) is 7.38. The number of aromatic nitrogens is 1. The molecule has 1 aliphatic carbocycles. The maximum absolute atomic E-state index is 12.7. The quantitative estimate of drug-likeness (QED) is 0.838. The van der Waals surface area contributed by atoms with Crippen LogP contribution in [0.3, 0.4) is 0 Å². The molecule has 9 heteroatoms. The number of nitrogens with one attached hydrogen (secondary N) is 1. The van der Waals surface area contributed by atoms with Crippen LogP contribution >= 0.6 is 22.7 Å². The van der Waals surface area contributed by atoms with Gasteiger partial charge in [-0.3, -0.25) is 4.79 Å². The number of aryl methyl sites for hydroxylation is 2. The molecule has 1 aliphatic heterocycles. The van der Waals surface area contributed by atoms with Crippen molar-refractivity contribution in [1.82, 2.24) is 9.29 Å². The summed E-state index contributed by atoms with van der Waals surface area (Å²) in [5.41, 5.74) is 1.11. The lowest BCUT2D eigenvalue weighted by molar-refractivity contribution is -0.120. The zero-order valence-corrected chi connectivity index (χ0v) is 16.8. The summed E-state index contributed by atoms with van der Waals surface area (Å²) in [6, 6.07) is 3.35. The Bertz CT molecular complexity index is 866. The molecule has 140 valence electrons. The summed E-state index contributed by atoms with van der Waals surface area (Å²) in [6.45, 7) is 0.701. The highest BCUT2D eigenvalue weighted by molar-refractivity contribution is 7.91. The summed E-state index contributed by atoms with van der Waals surface area (Å²) in [6.07, 6.45) is 5.75. The molecule has 3 heterocycles. The number of hydrogen-bond acceptors (Lipinski definition) is 6. The molecule has 2 aromatic rings. The largest absolute Gasteiger partial charge is 0.302 e. The number of nitrogens with zero attached hydrogens (tertiary/aromatic N) is 2. The number of sulfonamides is 1. The lowest BCUT2D eigenvalue weighted by Gasteiger charge is -2.30. The Morgan fingerprint density at radius 1 is 1.27 bits per heavy atom. The molecule has 0 radical (unpaired) electrons. The number of thiophene rings is 1. The Morgan fingerprint density at radius 3 is 2.88 bits per heavy atom. The van der Waals surface area contributed by atoms with Crippen molar-refractivity contribution in [3.8, 4) is 0 Å². The molecule has 2 aliphatic rings. The van der Waals surface area contributed by atoms with E-state index >= 15 is 0 Å². The minimum Gasteiger partial charge on any atom is -0.302 e. The average Bonchev–Trinajstić information content (AvgIpc) is 3.31. The van der Waals surface area contributed by atoms with Crippen molar-refractivity contribution >= 4 is 43.7 Å². The normalized spacial score (nSPS) is 21.3. The second-order valence-electron chi connectivity index (χ2n) is 6.72. The highest BCUT2D eigenvalue weighted by Gasteiger charge is 2.34. The van der Waals surface area contributed by atoms with E-state index in [9.17, 15) is 13.2 Å². The fourth-order valence-corrected chi connectivity index (χ4v) is 7.25. The van der Waals surface area contributed by atoms with E-state index < -0.39 is 10.0 Å². The zero-order chi connectivity index (χ0) is 18.1. The summed E-state index contributed by atoms with van der Waals surface area (Å²) in [4.78, 5) is 18.5. The van der Waals surface area contributed by atoms with Gasteiger partial charge in [0.1, 0.15) is 4.21 Å². The van der Waals surface area contributed by atoms with Gasteiger partial charge >= 0.3 is 0 Å². The highest BCUT2D eigenvalue weighted by atomic mass is 32.2. The fraction of sp³-hybridized carbons (Fsp3) is 0.529. The zero-order valence-electron chi connectivity index (χ0n) is 14.3. The first-order chi connectivity index (χ1) is 12.5. The first-order valence-corrected chi connectivity index (χ1v) is 12.0. The van der Waals surface area contributed by atoms with Crippen LogP contribution in [0.15, 0.2) is 21.7 Å². The molecule has 4 rings (SSSR count). The van der Waals surface area contributed by atoms with Gasteiger partial charge < -0.3 is 5.32 Å². The third-order valence-electron chi connectivity index (χ3n) is 4.92. The van der Waals surface area contributed by atoms with E-state index in [-0.39, 0.29) is 18.4 Å². The van der Waals surface area contributed by atoms with Crippen LogP contribution in [0.25, 0.3) is 0 Å². The molecule has 1 N–H and O–H groups in total. The van der Waals surface area contributed by atoms with Crippen molar-refractivity contribution in [2.75, 3.05) is 18.4 Å². The van der Waals surface area contributed by atoms with Crippen molar-refractivity contribution in [2.45, 2.75) is 42.7 Å². The van der Waals surface area contributed by atoms with Gasteiger partial charge in [-0.2, -0.15) is 4.31 Å². The summed E-state index contributed by atoms with van der Waals surface area (Å²) in [5.74, 6) is -0.457. The lowest BCUT2D eigenvalue weighted by atomic mass is 9.99. The number of amides is 1. The van der Waals surface area contributed by atoms with Crippen LogP contribution < -0.4 is 5.32 Å². The number of fused-ring (bicyclic) bond motifs is 1. The SMILES string of the molecule is O=C(Nc1nc2c(s1)CCCC2)C1CCCN(S(=O)(=O)c2cccs2)C1. The van der Waals surface area contributed by atoms with Crippen molar-refractivity contribution in [3.63, 3.8) is 0 Å². The summed E-state index contributed by atoms with van der Waals surface area (Å²) in [7, 11) is -3.50. The van der Waals surface area contributed by atoms with E-state index in [0.717, 1.165) is 25.0 Å². The predicted molar refractivity (Wildman–Crippen MR) is 103 cm³/mol. The third kappa shape index (κ3) is 3.58. The molecule has 1 atom stereocenters. The van der Waals surface area contributed by atoms with Crippen LogP contribution in [-0.2, 0) is 27.7 Å². The topological polar surface area (TPSA) is 79.4 Å². The second-order valence-corrected chi connectivity index (χ2v) is 10.9. The molecular weight excluding hydrogens is 390 g/mol. The molecule has 0 bridgehead atoms. The molecule has 1 unspecified atom stereocenters. The fourth-order valence-electron chi connectivity index (χ4n) is 3.53. The number of hydrogen-bond donors (Lipinski definition) is 1. The Morgan fingerprint density at radius 2 is 2.12 bits per heavy atom. The predicted octanol–water partition coefficient (Wildman–Crippen LogP) is 3.12. The Labute approximate surface area is 161 Å². The number of carbonyl (C=O) groups excluding carboxylic acids is 1. The van der Waals surface area contributed by atoms with Gasteiger partial charge in [0.05, 0.1) is 11.6 Å². The number of rotatable bonds is 4. The number of carbonyl (C=O) groups is 1. The van der Waals surface area contributed by atoms with Crippen molar-refractivity contribution < 1.29 is 13.2 Å². The molecule has 0 spiro atoms. The minimum atomic E-state index is -3.50. The maximum Gasteiger partial charge on any atom is 0.252 e. The van der Waals surface area contributed by atoms with Crippen LogP contribution in [0, 0.1) is 5.92 Å². The van der Waals surface area contributed by atoms with Gasteiger partial charge in [-0.1, -0.05) is 6.07 Å². The van der Waals surface area contributed by atoms with Crippen LogP contribution in [-0.4, -0.2) is 36.7 Å². The Balaban J connectivity index is 1.44. The van der Waals surface area contributed by atoms with Gasteiger partial charge in [0.25, 0.3) is 10.0 Å². The molecule has 1 saturated heterocycles. The first-order valence-electron chi connectivity index (χ1n) is 8.87. The van der Waals surface area contributed by atoms with E-state index in [0.29, 0.717) is 28.7 Å². The van der Waals surface area contributed by atoms with Crippen LogP contribution in [0.2, 0.25) is 0 Å². The van der Waals surface area contributed by atoms with Crippen LogP contribution in [0.4, 0.5) is 5.13 Å². The minimum absolute atomic E-state index is 0.123. The molecule has 2 aromatic heterocycles. The standard InChI is InChI=1S/C17H21N3O3S3/c21-16(19-17-18-13-6-1-2-7-14(13)25-17)12-5-3-9-20(11-12)26(22,23)15-8-4-10-24-15/h4,8,10,12H,1-3,5-7,9,11H2,(H,18,19,21). The van der Waals surface area contributed by atoms with E-state index in [1.165, 1.54) is 26.9 Å². The van der Waals surface area contributed by atoms with Crippen molar-refractivity contribution in [2.24, 2.45) is 5.92 Å². The monoisotopic (exact) mass is 411 g/mol. The van der Waals surface area contributed by atoms with Gasteiger partial charge in [0, 0.05) is 18.0 Å². The van der Waals surface area contributed by atoms with Crippen molar-refractivity contribution in [3.05, 3.63) is 28.1 Å². The van der Waals surface area contributed by atoms with Crippen LogP contribution in [0.5, 0.6) is 0 Å². The van der Waals surface area contributed by atoms with E-state index in [1.807, 2.05) is 0 Å². The summed E-state index contributed by atoms with van der Waals surface area (Å²) < 4.78 is 27.2. The molecular formula is C17H21N3O3S3. The average molecular weight is 412 g/mol. The number of thiazole rings is 1. The molecule has 6 nitrogen and oxygen atoms in total. The van der Waals surface area contributed by atoms with Gasteiger partial charge in [0.15, 0.2) is 5.13 Å². The molecule has 26 heavy (non-hydrogen) atoms. The molecule has 0 aromatic carbocycles. The summed E-state index contributed by atoms with van der Waals surface area (Å²) in [5, 5.41) is 5.33. The van der Waals surface area contributed by atoms with Gasteiger partial charge in [-0.25, -0.2) is 13.4 Å². The molecule has 1 fully saturated rings. The van der Waals surface area contributed by atoms with E-state index in [4.69, 9.17) is 0 Å². The summed E-state index contributed by atoms with van der Waals surface area (Å²) >= 11 is 2.77. The number of anilines is 1. The van der Waals surface area contributed by atoms with Gasteiger partial charge in [-0.05, 0) is 50.0 Å². The van der Waals surface area contributed by atoms with E-state index in [1.54, 1.807) is 28.8 Å². The smallest absolute Gasteiger partial charge is 0.252 e. The van der Waals surface area contributed by atoms with Gasteiger partial charge in [-0.15, -0.1) is 22.7 Å². The lowest BCUT2D eigenvalue weighted by Crippen LogP contribution is -2.43. The number of piperidine rings is 1. The third-order valence-corrected chi connectivity index (χ3v) is 9.23. The Kier molecular flexibility index (Phi) is 5.13. The maximum atomic E-state index is 12.7. The highest BCUT2D eigenvalue weighted by Crippen LogP contribution is 2.31. The van der Waals surface area contributed by atoms with Crippen LogP contribution in [0.1, 0.15) is 36.3 Å². The Hall–Kier alpha value is -1.29. The first kappa shape index (κ1) is 18.1. The van der Waals surface area contributed by atoms with Crippen molar-refractivity contribution in [1.29, 1.82) is 0 Å². The molecule has 1 amide bonds. The van der Waals surface area contributed by atoms with E-state index in [2.05, 4.69) is 10.3 Å².